The van der Waals surface area contributed by atoms with Crippen molar-refractivity contribution < 1.29 is 14.3 Å². The Morgan fingerprint density at radius 1 is 1.12 bits per heavy atom. The summed E-state index contributed by atoms with van der Waals surface area (Å²) in [6.07, 6.45) is 1.65. The predicted octanol–water partition coefficient (Wildman–Crippen LogP) is 1.58. The van der Waals surface area contributed by atoms with Crippen LogP contribution in [-0.2, 0) is 9.59 Å². The van der Waals surface area contributed by atoms with Crippen LogP contribution in [0.15, 0.2) is 47.1 Å². The van der Waals surface area contributed by atoms with Crippen molar-refractivity contribution in [3.8, 4) is 5.75 Å². The molecule has 7 nitrogen and oxygen atoms in total. The first kappa shape index (κ1) is 16.9. The van der Waals surface area contributed by atoms with Gasteiger partial charge in [-0.1, -0.05) is 30.9 Å². The molecule has 0 aromatic heterocycles. The van der Waals surface area contributed by atoms with E-state index in [1.54, 1.807) is 19.9 Å². The molecule has 25 heavy (non-hydrogen) atoms. The SMILES string of the molecule is C=CCOc1ccccc1C(C1C(=O)NN=C1C)C1C(=O)NN=C1C. The molecule has 2 amide bonds. The molecule has 0 bridgehead atoms. The number of benzene rings is 1. The molecule has 0 fully saturated rings. The summed E-state index contributed by atoms with van der Waals surface area (Å²) >= 11 is 0. The van der Waals surface area contributed by atoms with Gasteiger partial charge in [0.15, 0.2) is 0 Å². The lowest BCUT2D eigenvalue weighted by Crippen LogP contribution is -2.38. The number of ether oxygens (including phenoxy) is 1. The average Bonchev–Trinajstić information content (AvgIpc) is 3.11. The fourth-order valence-corrected chi connectivity index (χ4v) is 3.38. The third-order valence-electron chi connectivity index (χ3n) is 4.50. The van der Waals surface area contributed by atoms with Crippen LogP contribution < -0.4 is 15.6 Å². The van der Waals surface area contributed by atoms with Crippen LogP contribution >= 0.6 is 0 Å². The number of hydrogen-bond donors (Lipinski definition) is 2. The number of rotatable bonds is 6. The van der Waals surface area contributed by atoms with E-state index in [0.29, 0.717) is 23.8 Å². The Morgan fingerprint density at radius 3 is 2.16 bits per heavy atom. The molecule has 0 radical (unpaired) electrons. The number of para-hydroxylation sites is 1. The van der Waals surface area contributed by atoms with Gasteiger partial charge in [0, 0.05) is 17.3 Å². The van der Waals surface area contributed by atoms with Crippen LogP contribution in [0.3, 0.4) is 0 Å². The summed E-state index contributed by atoms with van der Waals surface area (Å²) in [4.78, 5) is 24.9. The Labute approximate surface area is 145 Å². The second kappa shape index (κ2) is 6.88. The van der Waals surface area contributed by atoms with Gasteiger partial charge in [0.1, 0.15) is 12.4 Å². The van der Waals surface area contributed by atoms with E-state index in [9.17, 15) is 9.59 Å². The average molecular weight is 340 g/mol. The van der Waals surface area contributed by atoms with Gasteiger partial charge in [-0.2, -0.15) is 10.2 Å². The van der Waals surface area contributed by atoms with E-state index in [-0.39, 0.29) is 11.8 Å². The number of nitrogens with zero attached hydrogens (tertiary/aromatic N) is 2. The van der Waals surface area contributed by atoms with Crippen LogP contribution in [0.1, 0.15) is 25.3 Å². The molecule has 130 valence electrons. The fraction of sp³-hybridized carbons (Fsp3) is 0.333. The van der Waals surface area contributed by atoms with Crippen molar-refractivity contribution in [3.05, 3.63) is 42.5 Å². The van der Waals surface area contributed by atoms with E-state index in [0.717, 1.165) is 5.56 Å². The minimum atomic E-state index is -0.563. The van der Waals surface area contributed by atoms with Crippen LogP contribution in [0.5, 0.6) is 5.75 Å². The van der Waals surface area contributed by atoms with Gasteiger partial charge in [-0.05, 0) is 25.5 Å². The van der Waals surface area contributed by atoms with Gasteiger partial charge in [0.05, 0.1) is 11.8 Å². The fourth-order valence-electron chi connectivity index (χ4n) is 3.38. The molecule has 2 aliphatic rings. The third-order valence-corrected chi connectivity index (χ3v) is 4.50. The summed E-state index contributed by atoms with van der Waals surface area (Å²) in [7, 11) is 0. The minimum absolute atomic E-state index is 0.228. The molecular formula is C18H20N4O3. The van der Waals surface area contributed by atoms with Gasteiger partial charge in [0.2, 0.25) is 11.8 Å². The number of carbonyl (C=O) groups is 2. The molecule has 0 saturated heterocycles. The van der Waals surface area contributed by atoms with Gasteiger partial charge in [-0.15, -0.1) is 0 Å². The van der Waals surface area contributed by atoms with Gasteiger partial charge in [0.25, 0.3) is 0 Å². The summed E-state index contributed by atoms with van der Waals surface area (Å²) in [6.45, 7) is 7.55. The zero-order valence-electron chi connectivity index (χ0n) is 14.2. The lowest BCUT2D eigenvalue weighted by atomic mass is 9.73. The Morgan fingerprint density at radius 2 is 1.68 bits per heavy atom. The molecular weight excluding hydrogens is 320 g/mol. The number of carbonyl (C=O) groups excluding carboxylic acids is 2. The highest BCUT2D eigenvalue weighted by molar-refractivity contribution is 6.12. The predicted molar refractivity (Wildman–Crippen MR) is 94.4 cm³/mol. The lowest BCUT2D eigenvalue weighted by Gasteiger charge is -2.28. The standard InChI is InChI=1S/C18H20N4O3/c1-4-9-25-13-8-6-5-7-12(13)16(14-10(2)19-21-17(14)23)15-11(3)20-22-18(15)24/h4-8,14-16H,1,9H2,2-3H3,(H,21,23)(H,22,24). The third kappa shape index (κ3) is 3.05. The van der Waals surface area contributed by atoms with E-state index < -0.39 is 17.8 Å². The molecule has 3 rings (SSSR count). The smallest absolute Gasteiger partial charge is 0.249 e. The second-order valence-corrected chi connectivity index (χ2v) is 6.08. The number of hydrazone groups is 2. The van der Waals surface area contributed by atoms with Gasteiger partial charge >= 0.3 is 0 Å². The Hall–Kier alpha value is -2.96. The lowest BCUT2D eigenvalue weighted by molar-refractivity contribution is -0.125. The van der Waals surface area contributed by atoms with Crippen LogP contribution in [0, 0.1) is 11.8 Å². The largest absolute Gasteiger partial charge is 0.489 e. The Kier molecular flexibility index (Phi) is 4.65. The molecule has 0 saturated carbocycles. The van der Waals surface area contributed by atoms with Crippen molar-refractivity contribution in [1.29, 1.82) is 0 Å². The number of nitrogens with one attached hydrogen (secondary N) is 2. The maximum Gasteiger partial charge on any atom is 0.249 e. The monoisotopic (exact) mass is 340 g/mol. The van der Waals surface area contributed by atoms with Crippen LogP contribution in [0.2, 0.25) is 0 Å². The van der Waals surface area contributed by atoms with Gasteiger partial charge in [-0.25, -0.2) is 10.9 Å². The first-order valence-electron chi connectivity index (χ1n) is 8.05. The van der Waals surface area contributed by atoms with Gasteiger partial charge in [-0.3, -0.25) is 9.59 Å². The quantitative estimate of drug-likeness (QED) is 0.770. The first-order chi connectivity index (χ1) is 12.0. The highest BCUT2D eigenvalue weighted by Crippen LogP contribution is 2.41. The van der Waals surface area contributed by atoms with Crippen molar-refractivity contribution in [3.63, 3.8) is 0 Å². The molecule has 1 aromatic rings. The molecule has 0 spiro atoms. The number of hydrogen-bond acceptors (Lipinski definition) is 5. The van der Waals surface area contributed by atoms with E-state index in [1.165, 1.54) is 0 Å². The highest BCUT2D eigenvalue weighted by Gasteiger charge is 2.46. The molecule has 2 N–H and O–H groups in total. The van der Waals surface area contributed by atoms with Crippen molar-refractivity contribution >= 4 is 23.2 Å². The Balaban J connectivity index is 2.11. The maximum absolute atomic E-state index is 12.4. The minimum Gasteiger partial charge on any atom is -0.489 e. The number of amides is 2. The van der Waals surface area contributed by atoms with Crippen molar-refractivity contribution in [2.75, 3.05) is 6.61 Å². The van der Waals surface area contributed by atoms with E-state index in [2.05, 4.69) is 27.6 Å². The van der Waals surface area contributed by atoms with Crippen LogP contribution in [-0.4, -0.2) is 29.8 Å². The second-order valence-electron chi connectivity index (χ2n) is 6.08. The van der Waals surface area contributed by atoms with Crippen molar-refractivity contribution in [2.24, 2.45) is 22.0 Å². The van der Waals surface area contributed by atoms with Gasteiger partial charge < -0.3 is 4.74 Å². The summed E-state index contributed by atoms with van der Waals surface area (Å²) in [5, 5.41) is 8.09. The molecule has 2 aliphatic heterocycles. The van der Waals surface area contributed by atoms with E-state index in [1.807, 2.05) is 24.3 Å². The molecule has 2 unspecified atom stereocenters. The van der Waals surface area contributed by atoms with Crippen molar-refractivity contribution in [1.82, 2.24) is 10.9 Å². The summed E-state index contributed by atoms with van der Waals surface area (Å²) < 4.78 is 5.77. The molecule has 2 atom stereocenters. The summed E-state index contributed by atoms with van der Waals surface area (Å²) in [5.41, 5.74) is 7.07. The first-order valence-corrected chi connectivity index (χ1v) is 8.05. The van der Waals surface area contributed by atoms with Crippen LogP contribution in [0.25, 0.3) is 0 Å². The zero-order valence-corrected chi connectivity index (χ0v) is 14.2. The zero-order chi connectivity index (χ0) is 18.0. The summed E-state index contributed by atoms with van der Waals surface area (Å²) in [5.74, 6) is -1.42. The highest BCUT2D eigenvalue weighted by atomic mass is 16.5. The van der Waals surface area contributed by atoms with E-state index >= 15 is 0 Å². The topological polar surface area (TPSA) is 92.1 Å². The normalized spacial score (nSPS) is 23.4. The van der Waals surface area contributed by atoms with E-state index in [4.69, 9.17) is 4.74 Å². The molecule has 0 aliphatic carbocycles. The molecule has 7 heteroatoms. The summed E-state index contributed by atoms with van der Waals surface area (Å²) in [6, 6.07) is 7.41. The molecule has 2 heterocycles. The van der Waals surface area contributed by atoms with Crippen molar-refractivity contribution in [2.45, 2.75) is 19.8 Å². The van der Waals surface area contributed by atoms with Crippen LogP contribution in [0.4, 0.5) is 0 Å². The Bertz CT molecular complexity index is 746. The molecule has 1 aromatic carbocycles. The maximum atomic E-state index is 12.4.